The number of rotatable bonds is 2. The first kappa shape index (κ1) is 10.5. The minimum atomic E-state index is 0.0556. The summed E-state index contributed by atoms with van der Waals surface area (Å²) < 4.78 is 5.33. The van der Waals surface area contributed by atoms with E-state index >= 15 is 0 Å². The molecule has 1 fully saturated rings. The van der Waals surface area contributed by atoms with Gasteiger partial charge in [-0.15, -0.1) is 5.73 Å². The van der Waals surface area contributed by atoms with E-state index in [9.17, 15) is 0 Å². The molecule has 74 valence electrons. The fourth-order valence-corrected chi connectivity index (χ4v) is 2.08. The lowest BCUT2D eigenvalue weighted by molar-refractivity contribution is 0.0487. The standard InChI is InChI=1S/C11H19NO/c1-5-10-7-13-8-12-11(10,6-2)9(3)4/h9,12H,1,6-8H2,2-4H3. The predicted octanol–water partition coefficient (Wildman–Crippen LogP) is 2.08. The molecule has 0 aromatic carbocycles. The Hall–Kier alpha value is -0.560. The fourth-order valence-electron chi connectivity index (χ4n) is 2.08. The van der Waals surface area contributed by atoms with Crippen molar-refractivity contribution >= 4 is 0 Å². The van der Waals surface area contributed by atoms with E-state index in [1.165, 1.54) is 0 Å². The Morgan fingerprint density at radius 1 is 1.69 bits per heavy atom. The molecule has 1 saturated heterocycles. The van der Waals surface area contributed by atoms with Crippen LogP contribution < -0.4 is 5.32 Å². The number of ether oxygens (including phenoxy) is 1. The molecule has 0 aliphatic carbocycles. The molecule has 2 nitrogen and oxygen atoms in total. The van der Waals surface area contributed by atoms with Crippen molar-refractivity contribution in [1.82, 2.24) is 5.32 Å². The third-order valence-electron chi connectivity index (χ3n) is 3.03. The van der Waals surface area contributed by atoms with Crippen LogP contribution in [0.5, 0.6) is 0 Å². The highest BCUT2D eigenvalue weighted by Crippen LogP contribution is 2.31. The van der Waals surface area contributed by atoms with Gasteiger partial charge in [0, 0.05) is 5.57 Å². The second kappa shape index (κ2) is 4.10. The molecule has 1 rings (SSSR count). The van der Waals surface area contributed by atoms with Crippen molar-refractivity contribution in [1.29, 1.82) is 0 Å². The van der Waals surface area contributed by atoms with Crippen LogP contribution in [0.3, 0.4) is 0 Å². The lowest BCUT2D eigenvalue weighted by Gasteiger charge is -2.42. The molecule has 0 amide bonds. The van der Waals surface area contributed by atoms with Crippen LogP contribution in [-0.2, 0) is 4.74 Å². The Labute approximate surface area is 80.7 Å². The zero-order valence-corrected chi connectivity index (χ0v) is 8.81. The summed E-state index contributed by atoms with van der Waals surface area (Å²) in [5.74, 6) is 0.547. The molecule has 1 unspecified atom stereocenters. The van der Waals surface area contributed by atoms with Gasteiger partial charge in [-0.3, -0.25) is 5.32 Å². The molecule has 0 radical (unpaired) electrons. The molecule has 0 bridgehead atoms. The zero-order valence-electron chi connectivity index (χ0n) is 8.81. The van der Waals surface area contributed by atoms with Gasteiger partial charge >= 0.3 is 0 Å². The quantitative estimate of drug-likeness (QED) is 0.659. The largest absolute Gasteiger partial charge is 0.361 e. The van der Waals surface area contributed by atoms with Crippen molar-refractivity contribution in [3.8, 4) is 0 Å². The van der Waals surface area contributed by atoms with Gasteiger partial charge in [0.2, 0.25) is 0 Å². The van der Waals surface area contributed by atoms with Crippen LogP contribution >= 0.6 is 0 Å². The SMILES string of the molecule is C=C=C1COCNC1(CC)C(C)C. The van der Waals surface area contributed by atoms with Crippen molar-refractivity contribution in [3.63, 3.8) is 0 Å². The maximum Gasteiger partial charge on any atom is 0.0977 e. The van der Waals surface area contributed by atoms with Crippen LogP contribution in [0.15, 0.2) is 17.9 Å². The highest BCUT2D eigenvalue weighted by Gasteiger charge is 2.37. The van der Waals surface area contributed by atoms with E-state index in [2.05, 4.69) is 38.4 Å². The molecule has 1 aliphatic heterocycles. The van der Waals surface area contributed by atoms with Gasteiger partial charge in [-0.05, 0) is 12.3 Å². The molecule has 1 heterocycles. The summed E-state index contributed by atoms with van der Waals surface area (Å²) in [5, 5.41) is 3.42. The molecule has 1 aliphatic rings. The Morgan fingerprint density at radius 2 is 2.38 bits per heavy atom. The minimum Gasteiger partial charge on any atom is -0.361 e. The summed E-state index contributed by atoms with van der Waals surface area (Å²) in [5.41, 5.74) is 4.22. The van der Waals surface area contributed by atoms with Crippen molar-refractivity contribution in [2.45, 2.75) is 32.7 Å². The number of nitrogens with one attached hydrogen (secondary N) is 1. The Morgan fingerprint density at radius 3 is 2.77 bits per heavy atom. The average molecular weight is 181 g/mol. The van der Waals surface area contributed by atoms with Crippen LogP contribution in [0.2, 0.25) is 0 Å². The lowest BCUT2D eigenvalue weighted by atomic mass is 9.77. The molecule has 1 N–H and O–H groups in total. The molecular weight excluding hydrogens is 162 g/mol. The molecule has 0 spiro atoms. The third-order valence-corrected chi connectivity index (χ3v) is 3.03. The maximum absolute atomic E-state index is 5.33. The van der Waals surface area contributed by atoms with Crippen molar-refractivity contribution in [2.24, 2.45) is 5.92 Å². The summed E-state index contributed by atoms with van der Waals surface area (Å²) >= 11 is 0. The van der Waals surface area contributed by atoms with Crippen molar-refractivity contribution < 1.29 is 4.74 Å². The van der Waals surface area contributed by atoms with Crippen LogP contribution in [0, 0.1) is 5.92 Å². The number of hydrogen-bond donors (Lipinski definition) is 1. The summed E-state index contributed by atoms with van der Waals surface area (Å²) in [6, 6.07) is 0. The number of hydrogen-bond acceptors (Lipinski definition) is 2. The molecule has 0 aromatic rings. The van der Waals surface area contributed by atoms with Gasteiger partial charge in [-0.2, -0.15) is 0 Å². The zero-order chi connectivity index (χ0) is 9.90. The normalized spacial score (nSPS) is 29.1. The second-order valence-corrected chi connectivity index (χ2v) is 3.80. The van der Waals surface area contributed by atoms with E-state index in [0.717, 1.165) is 12.0 Å². The first-order chi connectivity index (χ1) is 6.17. The molecule has 2 heteroatoms. The van der Waals surface area contributed by atoms with E-state index in [1.54, 1.807) is 0 Å². The fraction of sp³-hybridized carbons (Fsp3) is 0.727. The van der Waals surface area contributed by atoms with Gasteiger partial charge in [-0.25, -0.2) is 0 Å². The van der Waals surface area contributed by atoms with Crippen LogP contribution in [0.25, 0.3) is 0 Å². The molecule has 1 atom stereocenters. The van der Waals surface area contributed by atoms with E-state index in [0.29, 0.717) is 19.3 Å². The molecular formula is C11H19NO. The van der Waals surface area contributed by atoms with Gasteiger partial charge < -0.3 is 4.74 Å². The van der Waals surface area contributed by atoms with E-state index in [-0.39, 0.29) is 5.54 Å². The smallest absolute Gasteiger partial charge is 0.0977 e. The highest BCUT2D eigenvalue weighted by molar-refractivity contribution is 5.22. The van der Waals surface area contributed by atoms with Gasteiger partial charge in [0.05, 0.1) is 18.9 Å². The average Bonchev–Trinajstić information content (AvgIpc) is 2.17. The summed E-state index contributed by atoms with van der Waals surface area (Å²) in [6.45, 7) is 11.7. The van der Waals surface area contributed by atoms with Gasteiger partial charge in [0.1, 0.15) is 0 Å². The van der Waals surface area contributed by atoms with Crippen molar-refractivity contribution in [3.05, 3.63) is 17.9 Å². The Balaban J connectivity index is 2.99. The summed E-state index contributed by atoms with van der Waals surface area (Å²) in [7, 11) is 0. The Bertz CT molecular complexity index is 228. The van der Waals surface area contributed by atoms with Gasteiger partial charge in [0.15, 0.2) is 0 Å². The molecule has 13 heavy (non-hydrogen) atoms. The van der Waals surface area contributed by atoms with E-state index in [4.69, 9.17) is 4.74 Å². The topological polar surface area (TPSA) is 21.3 Å². The Kier molecular flexibility index (Phi) is 3.32. The predicted molar refractivity (Wildman–Crippen MR) is 54.5 cm³/mol. The maximum atomic E-state index is 5.33. The van der Waals surface area contributed by atoms with E-state index < -0.39 is 0 Å². The summed E-state index contributed by atoms with van der Waals surface area (Å²) in [4.78, 5) is 0. The lowest BCUT2D eigenvalue weighted by Crippen LogP contribution is -2.55. The van der Waals surface area contributed by atoms with Gasteiger partial charge in [-0.1, -0.05) is 27.4 Å². The van der Waals surface area contributed by atoms with Crippen LogP contribution in [-0.4, -0.2) is 18.9 Å². The minimum absolute atomic E-state index is 0.0556. The van der Waals surface area contributed by atoms with Gasteiger partial charge in [0.25, 0.3) is 0 Å². The monoisotopic (exact) mass is 181 g/mol. The third kappa shape index (κ3) is 1.71. The summed E-state index contributed by atoms with van der Waals surface area (Å²) in [6.07, 6.45) is 1.06. The molecule has 0 saturated carbocycles. The molecule has 0 aromatic heterocycles. The van der Waals surface area contributed by atoms with Crippen LogP contribution in [0.1, 0.15) is 27.2 Å². The van der Waals surface area contributed by atoms with Crippen molar-refractivity contribution in [2.75, 3.05) is 13.3 Å². The van der Waals surface area contributed by atoms with E-state index in [1.807, 2.05) is 0 Å². The first-order valence-corrected chi connectivity index (χ1v) is 4.89. The highest BCUT2D eigenvalue weighted by atomic mass is 16.5. The second-order valence-electron chi connectivity index (χ2n) is 3.80. The first-order valence-electron chi connectivity index (χ1n) is 4.89. The van der Waals surface area contributed by atoms with Crippen LogP contribution in [0.4, 0.5) is 0 Å².